The molecule has 0 bridgehead atoms. The summed E-state index contributed by atoms with van der Waals surface area (Å²) in [5.74, 6) is -0.0783. The van der Waals surface area contributed by atoms with Crippen LogP contribution in [0, 0.1) is 0 Å². The van der Waals surface area contributed by atoms with Gasteiger partial charge in [0, 0.05) is 37.6 Å². The zero-order valence-electron chi connectivity index (χ0n) is 15.5. The van der Waals surface area contributed by atoms with E-state index >= 15 is 0 Å². The lowest BCUT2D eigenvalue weighted by Gasteiger charge is -2.22. The number of rotatable bonds is 7. The quantitative estimate of drug-likeness (QED) is 0.678. The molecule has 0 atom stereocenters. The highest BCUT2D eigenvalue weighted by atomic mass is 32.2. The van der Waals surface area contributed by atoms with Crippen molar-refractivity contribution in [1.82, 2.24) is 9.21 Å². The second-order valence-corrected chi connectivity index (χ2v) is 8.73. The number of sulfonamides is 1. The molecule has 0 aliphatic carbocycles. The highest BCUT2D eigenvalue weighted by Gasteiger charge is 2.25. The summed E-state index contributed by atoms with van der Waals surface area (Å²) in [5, 5.41) is 0. The van der Waals surface area contributed by atoms with Gasteiger partial charge in [0.1, 0.15) is 0 Å². The second-order valence-electron chi connectivity index (χ2n) is 5.98. The molecule has 5 nitrogen and oxygen atoms in total. The van der Waals surface area contributed by atoms with Crippen molar-refractivity contribution in [2.24, 2.45) is 0 Å². The molecule has 0 aliphatic rings. The van der Waals surface area contributed by atoms with Crippen molar-refractivity contribution in [3.05, 3.63) is 59.7 Å². The smallest absolute Gasteiger partial charge is 0.253 e. The third kappa shape index (κ3) is 4.47. The molecule has 0 aliphatic heterocycles. The zero-order valence-corrected chi connectivity index (χ0v) is 17.1. The number of benzene rings is 2. The first-order valence-corrected chi connectivity index (χ1v) is 10.9. The van der Waals surface area contributed by atoms with Crippen molar-refractivity contribution in [3.63, 3.8) is 0 Å². The SMILES string of the molecule is CCN(Cc1ccc(C(=O)N(C)C)cc1)S(=O)(=O)c1ccccc1SC. The first kappa shape index (κ1) is 20.5. The normalized spacial score (nSPS) is 11.6. The van der Waals surface area contributed by atoms with Crippen LogP contribution >= 0.6 is 11.8 Å². The van der Waals surface area contributed by atoms with E-state index in [1.54, 1.807) is 50.5 Å². The lowest BCUT2D eigenvalue weighted by Crippen LogP contribution is -2.30. The molecule has 0 radical (unpaired) electrons. The summed E-state index contributed by atoms with van der Waals surface area (Å²) in [4.78, 5) is 14.5. The molecule has 0 fully saturated rings. The summed E-state index contributed by atoms with van der Waals surface area (Å²) < 4.78 is 27.6. The molecule has 140 valence electrons. The Bertz CT molecular complexity index is 863. The Morgan fingerprint density at radius 2 is 1.65 bits per heavy atom. The summed E-state index contributed by atoms with van der Waals surface area (Å²) in [6.45, 7) is 2.45. The average molecular weight is 393 g/mol. The molecule has 1 amide bonds. The van der Waals surface area contributed by atoms with Crippen molar-refractivity contribution in [2.45, 2.75) is 23.3 Å². The summed E-state index contributed by atoms with van der Waals surface area (Å²) in [5.41, 5.74) is 1.42. The van der Waals surface area contributed by atoms with E-state index in [0.717, 1.165) is 10.5 Å². The summed E-state index contributed by atoms with van der Waals surface area (Å²) >= 11 is 1.42. The number of hydrogen-bond donors (Lipinski definition) is 0. The van der Waals surface area contributed by atoms with Gasteiger partial charge >= 0.3 is 0 Å². The molecule has 0 heterocycles. The number of hydrogen-bond acceptors (Lipinski definition) is 4. The minimum atomic E-state index is -3.59. The van der Waals surface area contributed by atoms with E-state index in [2.05, 4.69) is 0 Å². The maximum absolute atomic E-state index is 13.1. The maximum atomic E-state index is 13.1. The van der Waals surface area contributed by atoms with Gasteiger partial charge < -0.3 is 4.90 Å². The highest BCUT2D eigenvalue weighted by Crippen LogP contribution is 2.27. The Kier molecular flexibility index (Phi) is 6.86. The molecule has 7 heteroatoms. The molecule has 0 unspecified atom stereocenters. The molecule has 2 rings (SSSR count). The molecule has 0 spiro atoms. The average Bonchev–Trinajstić information content (AvgIpc) is 2.65. The van der Waals surface area contributed by atoms with Gasteiger partial charge in [0.05, 0.1) is 4.90 Å². The van der Waals surface area contributed by atoms with E-state index in [0.29, 0.717) is 17.0 Å². The van der Waals surface area contributed by atoms with Gasteiger partial charge in [-0.1, -0.05) is 31.2 Å². The Morgan fingerprint density at radius 1 is 1.04 bits per heavy atom. The molecular weight excluding hydrogens is 368 g/mol. The lowest BCUT2D eigenvalue weighted by molar-refractivity contribution is 0.0827. The molecule has 2 aromatic carbocycles. The van der Waals surface area contributed by atoms with E-state index in [1.807, 2.05) is 25.3 Å². The number of amides is 1. The van der Waals surface area contributed by atoms with Crippen LogP contribution in [0.4, 0.5) is 0 Å². The molecule has 2 aromatic rings. The van der Waals surface area contributed by atoms with E-state index in [-0.39, 0.29) is 12.5 Å². The van der Waals surface area contributed by atoms with Crippen molar-refractivity contribution >= 4 is 27.7 Å². The van der Waals surface area contributed by atoms with Crippen LogP contribution in [0.1, 0.15) is 22.8 Å². The third-order valence-corrected chi connectivity index (χ3v) is 6.91. The highest BCUT2D eigenvalue weighted by molar-refractivity contribution is 7.99. The topological polar surface area (TPSA) is 57.7 Å². The molecule has 0 N–H and O–H groups in total. The molecular formula is C19H24N2O3S2. The molecule has 0 aromatic heterocycles. The monoisotopic (exact) mass is 392 g/mol. The number of thioether (sulfide) groups is 1. The summed E-state index contributed by atoms with van der Waals surface area (Å²) in [6, 6.07) is 14.1. The Morgan fingerprint density at radius 3 is 2.19 bits per heavy atom. The predicted octanol–water partition coefficient (Wildman–Crippen LogP) is 3.32. The first-order chi connectivity index (χ1) is 12.3. The maximum Gasteiger partial charge on any atom is 0.253 e. The van der Waals surface area contributed by atoms with Crippen LogP contribution in [0.25, 0.3) is 0 Å². The summed E-state index contributed by atoms with van der Waals surface area (Å²) in [7, 11) is -0.196. The Balaban J connectivity index is 2.27. The van der Waals surface area contributed by atoms with Crippen LogP contribution in [0.5, 0.6) is 0 Å². The standard InChI is InChI=1S/C19H24N2O3S2/c1-5-21(26(23,24)18-9-7-6-8-17(18)25-4)14-15-10-12-16(13-11-15)19(22)20(2)3/h6-13H,5,14H2,1-4H3. The predicted molar refractivity (Wildman–Crippen MR) is 106 cm³/mol. The van der Waals surface area contributed by atoms with E-state index in [1.165, 1.54) is 21.0 Å². The van der Waals surface area contributed by atoms with Crippen LogP contribution in [-0.2, 0) is 16.6 Å². The third-order valence-electron chi connectivity index (χ3n) is 4.01. The van der Waals surface area contributed by atoms with E-state index in [4.69, 9.17) is 0 Å². The number of carbonyl (C=O) groups excluding carboxylic acids is 1. The largest absolute Gasteiger partial charge is 0.345 e. The van der Waals surface area contributed by atoms with Gasteiger partial charge in [0.2, 0.25) is 10.0 Å². The van der Waals surface area contributed by atoms with Crippen LogP contribution in [0.3, 0.4) is 0 Å². The fraction of sp³-hybridized carbons (Fsp3) is 0.316. The fourth-order valence-electron chi connectivity index (χ4n) is 2.55. The van der Waals surface area contributed by atoms with E-state index < -0.39 is 10.0 Å². The van der Waals surface area contributed by atoms with Crippen molar-refractivity contribution in [3.8, 4) is 0 Å². The minimum absolute atomic E-state index is 0.0783. The number of carbonyl (C=O) groups is 1. The Hall–Kier alpha value is -1.83. The zero-order chi connectivity index (χ0) is 19.3. The van der Waals surface area contributed by atoms with Crippen molar-refractivity contribution in [1.29, 1.82) is 0 Å². The second kappa shape index (κ2) is 8.70. The molecule has 0 saturated carbocycles. The minimum Gasteiger partial charge on any atom is -0.345 e. The fourth-order valence-corrected chi connectivity index (χ4v) is 5.11. The molecule has 0 saturated heterocycles. The van der Waals surface area contributed by atoms with Crippen LogP contribution in [-0.4, -0.2) is 50.4 Å². The van der Waals surface area contributed by atoms with Crippen LogP contribution < -0.4 is 0 Å². The van der Waals surface area contributed by atoms with Crippen LogP contribution in [0.2, 0.25) is 0 Å². The van der Waals surface area contributed by atoms with Gasteiger partial charge in [0.25, 0.3) is 5.91 Å². The Labute approximate surface area is 160 Å². The van der Waals surface area contributed by atoms with Crippen LogP contribution in [0.15, 0.2) is 58.3 Å². The first-order valence-electron chi connectivity index (χ1n) is 8.25. The van der Waals surface area contributed by atoms with Gasteiger partial charge in [-0.15, -0.1) is 11.8 Å². The van der Waals surface area contributed by atoms with Gasteiger partial charge in [-0.05, 0) is 36.1 Å². The lowest BCUT2D eigenvalue weighted by atomic mass is 10.1. The summed E-state index contributed by atoms with van der Waals surface area (Å²) in [6.07, 6.45) is 1.87. The van der Waals surface area contributed by atoms with Gasteiger partial charge in [0.15, 0.2) is 0 Å². The van der Waals surface area contributed by atoms with Gasteiger partial charge in [-0.2, -0.15) is 4.31 Å². The van der Waals surface area contributed by atoms with Gasteiger partial charge in [-0.3, -0.25) is 4.79 Å². The van der Waals surface area contributed by atoms with Crippen molar-refractivity contribution < 1.29 is 13.2 Å². The number of nitrogens with zero attached hydrogens (tertiary/aromatic N) is 2. The van der Waals surface area contributed by atoms with Crippen molar-refractivity contribution in [2.75, 3.05) is 26.9 Å². The molecule has 26 heavy (non-hydrogen) atoms. The van der Waals surface area contributed by atoms with E-state index in [9.17, 15) is 13.2 Å². The van der Waals surface area contributed by atoms with Gasteiger partial charge in [-0.25, -0.2) is 8.42 Å².